The van der Waals surface area contributed by atoms with E-state index in [0.717, 1.165) is 28.6 Å². The molecule has 0 fully saturated rings. The number of halogens is 3. The Bertz CT molecular complexity index is 902. The maximum atomic E-state index is 13.6. The van der Waals surface area contributed by atoms with Crippen LogP contribution in [-0.4, -0.2) is 32.7 Å². The molecule has 0 radical (unpaired) electrons. The molecular formula is C15H13ClF2N2O3S. The van der Waals surface area contributed by atoms with E-state index in [1.807, 2.05) is 0 Å². The van der Waals surface area contributed by atoms with Crippen LogP contribution in [0.3, 0.4) is 0 Å². The third-order valence-electron chi connectivity index (χ3n) is 3.13. The van der Waals surface area contributed by atoms with Crippen LogP contribution in [-0.2, 0) is 10.0 Å². The van der Waals surface area contributed by atoms with E-state index in [1.54, 1.807) is 0 Å². The van der Waals surface area contributed by atoms with Crippen LogP contribution in [0.5, 0.6) is 0 Å². The Kier molecular flexibility index (Phi) is 5.22. The average Bonchev–Trinajstić information content (AvgIpc) is 2.50. The Hall–Kier alpha value is -2.03. The summed E-state index contributed by atoms with van der Waals surface area (Å²) in [6.07, 6.45) is 0. The van der Waals surface area contributed by atoms with Crippen LogP contribution in [0.15, 0.2) is 41.3 Å². The zero-order chi connectivity index (χ0) is 18.1. The van der Waals surface area contributed by atoms with Crippen LogP contribution in [0.2, 0.25) is 5.02 Å². The minimum absolute atomic E-state index is 0.0582. The summed E-state index contributed by atoms with van der Waals surface area (Å²) in [5.41, 5.74) is -0.421. The Morgan fingerprint density at radius 2 is 1.79 bits per heavy atom. The predicted octanol–water partition coefficient (Wildman–Crippen LogP) is 3.12. The molecule has 9 heteroatoms. The smallest absolute Gasteiger partial charge is 0.255 e. The minimum Gasteiger partial charge on any atom is -0.319 e. The molecule has 2 aromatic rings. The van der Waals surface area contributed by atoms with E-state index in [2.05, 4.69) is 5.32 Å². The first-order valence-corrected chi connectivity index (χ1v) is 8.43. The quantitative estimate of drug-likeness (QED) is 0.894. The molecule has 24 heavy (non-hydrogen) atoms. The van der Waals surface area contributed by atoms with Crippen molar-refractivity contribution in [1.29, 1.82) is 0 Å². The zero-order valence-electron chi connectivity index (χ0n) is 12.7. The lowest BCUT2D eigenvalue weighted by Crippen LogP contribution is -2.23. The van der Waals surface area contributed by atoms with Crippen molar-refractivity contribution in [3.63, 3.8) is 0 Å². The molecule has 0 aliphatic rings. The van der Waals surface area contributed by atoms with Gasteiger partial charge in [-0.25, -0.2) is 21.5 Å². The van der Waals surface area contributed by atoms with E-state index >= 15 is 0 Å². The zero-order valence-corrected chi connectivity index (χ0v) is 14.3. The highest BCUT2D eigenvalue weighted by molar-refractivity contribution is 7.89. The summed E-state index contributed by atoms with van der Waals surface area (Å²) in [5, 5.41) is 2.13. The summed E-state index contributed by atoms with van der Waals surface area (Å²) in [6, 6.07) is 6.20. The second kappa shape index (κ2) is 6.84. The Morgan fingerprint density at radius 1 is 1.12 bits per heavy atom. The van der Waals surface area contributed by atoms with Gasteiger partial charge < -0.3 is 5.32 Å². The first kappa shape index (κ1) is 18.3. The van der Waals surface area contributed by atoms with Gasteiger partial charge in [-0.1, -0.05) is 11.6 Å². The summed E-state index contributed by atoms with van der Waals surface area (Å²) < 4.78 is 52.0. The number of nitrogens with one attached hydrogen (secondary N) is 1. The number of rotatable bonds is 4. The lowest BCUT2D eigenvalue weighted by atomic mass is 10.2. The fourth-order valence-corrected chi connectivity index (χ4v) is 3.22. The molecule has 0 atom stereocenters. The van der Waals surface area contributed by atoms with Crippen molar-refractivity contribution in [3.05, 3.63) is 58.6 Å². The number of anilines is 1. The number of nitrogens with zero attached hydrogens (tertiary/aromatic N) is 1. The SMILES string of the molecule is CN(C)S(=O)(=O)c1cc(C(=O)Nc2cc(F)ccc2F)ccc1Cl. The normalized spacial score (nSPS) is 11.6. The van der Waals surface area contributed by atoms with Gasteiger partial charge in [0.25, 0.3) is 5.91 Å². The summed E-state index contributed by atoms with van der Waals surface area (Å²) in [7, 11) is -1.22. The largest absolute Gasteiger partial charge is 0.319 e. The van der Waals surface area contributed by atoms with Crippen molar-refractivity contribution in [3.8, 4) is 0 Å². The monoisotopic (exact) mass is 374 g/mol. The van der Waals surface area contributed by atoms with Crippen molar-refractivity contribution in [2.75, 3.05) is 19.4 Å². The van der Waals surface area contributed by atoms with E-state index in [-0.39, 0.29) is 21.2 Å². The van der Waals surface area contributed by atoms with Crippen LogP contribution in [0, 0.1) is 11.6 Å². The van der Waals surface area contributed by atoms with E-state index in [0.29, 0.717) is 0 Å². The molecule has 2 aromatic carbocycles. The summed E-state index contributed by atoms with van der Waals surface area (Å²) in [4.78, 5) is 11.9. The van der Waals surface area contributed by atoms with Gasteiger partial charge in [0.15, 0.2) is 0 Å². The number of hydrogen-bond acceptors (Lipinski definition) is 3. The van der Waals surface area contributed by atoms with Gasteiger partial charge in [0.05, 0.1) is 10.7 Å². The Labute approximate surface area is 142 Å². The summed E-state index contributed by atoms with van der Waals surface area (Å²) >= 11 is 5.89. The highest BCUT2D eigenvalue weighted by atomic mass is 35.5. The molecule has 0 aliphatic heterocycles. The number of carbonyl (C=O) groups excluding carboxylic acids is 1. The van der Waals surface area contributed by atoms with Crippen molar-refractivity contribution >= 4 is 33.2 Å². The van der Waals surface area contributed by atoms with Crippen LogP contribution in [0.25, 0.3) is 0 Å². The molecule has 1 N–H and O–H groups in total. The van der Waals surface area contributed by atoms with Crippen molar-refractivity contribution < 1.29 is 22.0 Å². The first-order valence-electron chi connectivity index (χ1n) is 6.61. The second-order valence-electron chi connectivity index (χ2n) is 5.01. The maximum Gasteiger partial charge on any atom is 0.255 e. The van der Waals surface area contributed by atoms with E-state index in [9.17, 15) is 22.0 Å². The fraction of sp³-hybridized carbons (Fsp3) is 0.133. The lowest BCUT2D eigenvalue weighted by molar-refractivity contribution is 0.102. The minimum atomic E-state index is -3.86. The molecular weight excluding hydrogens is 362 g/mol. The second-order valence-corrected chi connectivity index (χ2v) is 7.54. The van der Waals surface area contributed by atoms with E-state index in [4.69, 9.17) is 11.6 Å². The van der Waals surface area contributed by atoms with Gasteiger partial charge in [-0.15, -0.1) is 0 Å². The van der Waals surface area contributed by atoms with E-state index < -0.39 is 27.6 Å². The third-order valence-corrected chi connectivity index (χ3v) is 5.43. The standard InChI is InChI=1S/C15H13ClF2N2O3S/c1-20(2)24(22,23)14-7-9(3-5-11(14)16)15(21)19-13-8-10(17)4-6-12(13)18/h3-8H,1-2H3,(H,19,21). The molecule has 0 spiro atoms. The highest BCUT2D eigenvalue weighted by Crippen LogP contribution is 2.25. The molecule has 0 bridgehead atoms. The van der Waals surface area contributed by atoms with Gasteiger partial charge in [-0.3, -0.25) is 4.79 Å². The molecule has 1 amide bonds. The molecule has 0 heterocycles. The van der Waals surface area contributed by atoms with Crippen LogP contribution >= 0.6 is 11.6 Å². The molecule has 0 unspecified atom stereocenters. The number of carbonyl (C=O) groups is 1. The maximum absolute atomic E-state index is 13.6. The Morgan fingerprint density at radius 3 is 2.42 bits per heavy atom. The predicted molar refractivity (Wildman–Crippen MR) is 86.6 cm³/mol. The van der Waals surface area contributed by atoms with Crippen molar-refractivity contribution in [2.45, 2.75) is 4.90 Å². The Balaban J connectivity index is 2.39. The van der Waals surface area contributed by atoms with Crippen LogP contribution in [0.1, 0.15) is 10.4 Å². The van der Waals surface area contributed by atoms with Gasteiger partial charge >= 0.3 is 0 Å². The third kappa shape index (κ3) is 3.72. The number of amides is 1. The van der Waals surface area contributed by atoms with Crippen molar-refractivity contribution in [1.82, 2.24) is 4.31 Å². The average molecular weight is 375 g/mol. The van der Waals surface area contributed by atoms with Crippen LogP contribution in [0.4, 0.5) is 14.5 Å². The molecule has 5 nitrogen and oxygen atoms in total. The molecule has 128 valence electrons. The highest BCUT2D eigenvalue weighted by Gasteiger charge is 2.22. The van der Waals surface area contributed by atoms with E-state index in [1.165, 1.54) is 26.2 Å². The lowest BCUT2D eigenvalue weighted by Gasteiger charge is -2.14. The molecule has 2 rings (SSSR count). The van der Waals surface area contributed by atoms with Gasteiger partial charge in [0.1, 0.15) is 16.5 Å². The number of hydrogen-bond donors (Lipinski definition) is 1. The van der Waals surface area contributed by atoms with Gasteiger partial charge in [0.2, 0.25) is 10.0 Å². The molecule has 0 aliphatic carbocycles. The van der Waals surface area contributed by atoms with Gasteiger partial charge in [-0.2, -0.15) is 0 Å². The summed E-state index contributed by atoms with van der Waals surface area (Å²) in [6.45, 7) is 0. The number of sulfonamides is 1. The molecule has 0 saturated heterocycles. The van der Waals surface area contributed by atoms with Gasteiger partial charge in [-0.05, 0) is 30.3 Å². The molecule has 0 aromatic heterocycles. The molecule has 0 saturated carbocycles. The summed E-state index contributed by atoms with van der Waals surface area (Å²) in [5.74, 6) is -2.34. The van der Waals surface area contributed by atoms with Crippen molar-refractivity contribution in [2.24, 2.45) is 0 Å². The van der Waals surface area contributed by atoms with Crippen LogP contribution < -0.4 is 5.32 Å². The topological polar surface area (TPSA) is 66.5 Å². The fourth-order valence-electron chi connectivity index (χ4n) is 1.83. The van der Waals surface area contributed by atoms with Gasteiger partial charge in [0, 0.05) is 25.7 Å². The number of benzene rings is 2. The first-order chi connectivity index (χ1) is 11.1.